The molecule has 0 spiro atoms. The van der Waals surface area contributed by atoms with Gasteiger partial charge in [0.15, 0.2) is 0 Å². The molecule has 0 N–H and O–H groups in total. The summed E-state index contributed by atoms with van der Waals surface area (Å²) in [5, 5.41) is 0. The van der Waals surface area contributed by atoms with Gasteiger partial charge in [0, 0.05) is 9.65 Å². The van der Waals surface area contributed by atoms with Gasteiger partial charge in [-0.3, -0.25) is 0 Å². The van der Waals surface area contributed by atoms with Crippen molar-refractivity contribution in [1.82, 2.24) is 0 Å². The molecule has 0 aliphatic carbocycles. The molecule has 4 nitrogen and oxygen atoms in total. The van der Waals surface area contributed by atoms with E-state index in [-0.39, 0.29) is 12.1 Å². The minimum atomic E-state index is -0.366. The van der Waals surface area contributed by atoms with Crippen LogP contribution in [0.15, 0.2) is 60.7 Å². The van der Waals surface area contributed by atoms with Crippen molar-refractivity contribution in [2.75, 3.05) is 6.61 Å². The number of carbonyl (C=O) groups is 1. The molecule has 0 saturated heterocycles. The number of hydrogen-bond acceptors (Lipinski definition) is 4. The molecule has 2 aromatic rings. The lowest BCUT2D eigenvalue weighted by atomic mass is 10.3. The molecule has 0 fully saturated rings. The average molecular weight is 438 g/mol. The lowest BCUT2D eigenvalue weighted by Gasteiger charge is -2.12. The van der Waals surface area contributed by atoms with Gasteiger partial charge in [-0.25, -0.2) is 4.79 Å². The van der Waals surface area contributed by atoms with Gasteiger partial charge in [0.1, 0.15) is 23.4 Å². The minimum absolute atomic E-state index is 0.239. The third-order valence-corrected chi connectivity index (χ3v) is 3.70. The Morgan fingerprint density at radius 3 is 2.17 bits per heavy atom. The van der Waals surface area contributed by atoms with Crippen molar-refractivity contribution in [1.29, 1.82) is 0 Å². The number of esters is 1. The molecule has 5 heteroatoms. The Hall–Kier alpha value is -2.02. The quantitative estimate of drug-likeness (QED) is 0.348. The Labute approximate surface area is 155 Å². The molecule has 0 heterocycles. The number of hydrogen-bond donors (Lipinski definition) is 0. The van der Waals surface area contributed by atoms with Crippen LogP contribution in [0.4, 0.5) is 0 Å². The Bertz CT molecular complexity index is 678. The van der Waals surface area contributed by atoms with Crippen molar-refractivity contribution < 1.29 is 19.0 Å². The van der Waals surface area contributed by atoms with Crippen molar-refractivity contribution in [2.24, 2.45) is 0 Å². The summed E-state index contributed by atoms with van der Waals surface area (Å²) in [6.07, 6.45) is 2.80. The van der Waals surface area contributed by atoms with Gasteiger partial charge in [0.2, 0.25) is 0 Å². The van der Waals surface area contributed by atoms with Crippen molar-refractivity contribution in [3.05, 3.63) is 64.3 Å². The smallest absolute Gasteiger partial charge is 0.330 e. The molecule has 0 saturated carbocycles. The topological polar surface area (TPSA) is 44.8 Å². The van der Waals surface area contributed by atoms with E-state index in [4.69, 9.17) is 14.2 Å². The molecular weight excluding hydrogens is 419 g/mol. The van der Waals surface area contributed by atoms with Gasteiger partial charge >= 0.3 is 5.97 Å². The Morgan fingerprint density at radius 1 is 1.04 bits per heavy atom. The molecule has 0 aromatic heterocycles. The van der Waals surface area contributed by atoms with Crippen LogP contribution in [0.5, 0.6) is 17.2 Å². The van der Waals surface area contributed by atoms with Crippen molar-refractivity contribution in [3.63, 3.8) is 0 Å². The number of rotatable bonds is 7. The van der Waals surface area contributed by atoms with E-state index >= 15 is 0 Å². The van der Waals surface area contributed by atoms with E-state index < -0.39 is 0 Å². The van der Waals surface area contributed by atoms with E-state index in [1.807, 2.05) is 55.5 Å². The first kappa shape index (κ1) is 18.3. The number of halogens is 1. The maximum absolute atomic E-state index is 11.3. The summed E-state index contributed by atoms with van der Waals surface area (Å²) in [5.41, 5.74) is 0. The molecule has 24 heavy (non-hydrogen) atoms. The molecule has 0 bridgehead atoms. The maximum Gasteiger partial charge on any atom is 0.330 e. The van der Waals surface area contributed by atoms with Gasteiger partial charge in [-0.15, -0.1) is 0 Å². The highest BCUT2D eigenvalue weighted by atomic mass is 127. The van der Waals surface area contributed by atoms with Crippen LogP contribution in [0.3, 0.4) is 0 Å². The lowest BCUT2D eigenvalue weighted by molar-refractivity contribution is -0.137. The largest absolute Gasteiger partial charge is 0.487 e. The second-order valence-electron chi connectivity index (χ2n) is 4.96. The summed E-state index contributed by atoms with van der Waals surface area (Å²) in [5.74, 6) is 1.85. The summed E-state index contributed by atoms with van der Waals surface area (Å²) in [7, 11) is 0. The Kier molecular flexibility index (Phi) is 7.11. The fraction of sp³-hybridized carbons (Fsp3) is 0.211. The molecule has 126 valence electrons. The molecule has 0 aliphatic rings. The predicted molar refractivity (Wildman–Crippen MR) is 102 cm³/mol. The van der Waals surface area contributed by atoms with Crippen LogP contribution in [0.1, 0.15) is 13.8 Å². The third-order valence-electron chi connectivity index (χ3n) is 2.98. The van der Waals surface area contributed by atoms with E-state index in [2.05, 4.69) is 22.6 Å². The molecule has 2 rings (SSSR count). The fourth-order valence-electron chi connectivity index (χ4n) is 1.88. The summed E-state index contributed by atoms with van der Waals surface area (Å²) in [4.78, 5) is 11.3. The Balaban J connectivity index is 1.89. The van der Waals surface area contributed by atoms with E-state index in [1.54, 1.807) is 13.0 Å². The normalized spacial score (nSPS) is 12.0. The first-order chi connectivity index (χ1) is 11.6. The predicted octanol–water partition coefficient (Wildman–Crippen LogP) is 4.97. The highest BCUT2D eigenvalue weighted by Crippen LogP contribution is 2.24. The molecule has 2 aromatic carbocycles. The van der Waals surface area contributed by atoms with Crippen LogP contribution in [0, 0.1) is 3.57 Å². The van der Waals surface area contributed by atoms with Crippen molar-refractivity contribution in [3.8, 4) is 17.2 Å². The second kappa shape index (κ2) is 9.32. The van der Waals surface area contributed by atoms with E-state index in [9.17, 15) is 4.79 Å². The molecule has 1 unspecified atom stereocenters. The fourth-order valence-corrected chi connectivity index (χ4v) is 2.24. The number of carbonyl (C=O) groups excluding carboxylic acids is 1. The minimum Gasteiger partial charge on any atom is -0.487 e. The van der Waals surface area contributed by atoms with Crippen molar-refractivity contribution in [2.45, 2.75) is 20.0 Å². The summed E-state index contributed by atoms with van der Waals surface area (Å²) in [6.45, 7) is 3.98. The summed E-state index contributed by atoms with van der Waals surface area (Å²) in [6, 6.07) is 15.2. The number of ether oxygens (including phenoxy) is 3. The van der Waals surface area contributed by atoms with Crippen LogP contribution in [-0.2, 0) is 9.53 Å². The lowest BCUT2D eigenvalue weighted by Crippen LogP contribution is -2.09. The van der Waals surface area contributed by atoms with E-state index in [0.717, 1.165) is 15.1 Å². The maximum atomic E-state index is 11.3. The standard InChI is InChI=1S/C19H19IO4/c1-3-22-19(21)13-4-14(2)23-16-9-11-18(12-10-16)24-17-7-5-15(20)6-8-17/h4-14H,3H2,1-2H3. The number of benzene rings is 2. The van der Waals surface area contributed by atoms with Crippen LogP contribution in [0.25, 0.3) is 0 Å². The molecule has 0 radical (unpaired) electrons. The van der Waals surface area contributed by atoms with Gasteiger partial charge in [-0.05, 0) is 91.0 Å². The highest BCUT2D eigenvalue weighted by molar-refractivity contribution is 14.1. The van der Waals surface area contributed by atoms with Crippen molar-refractivity contribution >= 4 is 28.6 Å². The molecular formula is C19H19IO4. The first-order valence-corrected chi connectivity index (χ1v) is 8.70. The third kappa shape index (κ3) is 6.23. The van der Waals surface area contributed by atoms with Crippen LogP contribution in [-0.4, -0.2) is 18.7 Å². The second-order valence-corrected chi connectivity index (χ2v) is 6.21. The van der Waals surface area contributed by atoms with Gasteiger partial charge in [0.05, 0.1) is 6.61 Å². The zero-order valence-corrected chi connectivity index (χ0v) is 15.7. The average Bonchev–Trinajstić information content (AvgIpc) is 2.57. The molecule has 0 aliphatic heterocycles. The monoisotopic (exact) mass is 438 g/mol. The van der Waals surface area contributed by atoms with Gasteiger partial charge in [-0.2, -0.15) is 0 Å². The van der Waals surface area contributed by atoms with Gasteiger partial charge in [-0.1, -0.05) is 0 Å². The molecule has 0 amide bonds. The van der Waals surface area contributed by atoms with Gasteiger partial charge in [0.25, 0.3) is 0 Å². The Morgan fingerprint density at radius 2 is 1.58 bits per heavy atom. The zero-order chi connectivity index (χ0) is 17.4. The SMILES string of the molecule is CCOC(=O)C=CC(C)Oc1ccc(Oc2ccc(I)cc2)cc1. The molecule has 1 atom stereocenters. The zero-order valence-electron chi connectivity index (χ0n) is 13.6. The first-order valence-electron chi connectivity index (χ1n) is 7.62. The van der Waals surface area contributed by atoms with Crippen LogP contribution < -0.4 is 9.47 Å². The summed E-state index contributed by atoms with van der Waals surface area (Å²) >= 11 is 2.25. The van der Waals surface area contributed by atoms with Crippen LogP contribution >= 0.6 is 22.6 Å². The van der Waals surface area contributed by atoms with Gasteiger partial charge < -0.3 is 14.2 Å². The highest BCUT2D eigenvalue weighted by Gasteiger charge is 2.03. The van der Waals surface area contributed by atoms with Crippen LogP contribution in [0.2, 0.25) is 0 Å². The summed E-state index contributed by atoms with van der Waals surface area (Å²) < 4.78 is 17.5. The van der Waals surface area contributed by atoms with E-state index in [0.29, 0.717) is 12.4 Å². The van der Waals surface area contributed by atoms with E-state index in [1.165, 1.54) is 6.08 Å².